The Morgan fingerprint density at radius 1 is 1.20 bits per heavy atom. The van der Waals surface area contributed by atoms with Crippen molar-refractivity contribution in [2.24, 2.45) is 28.6 Å². The normalized spacial score (nSPS) is 40.2. The Morgan fingerprint density at radius 3 is 2.70 bits per heavy atom. The van der Waals surface area contributed by atoms with E-state index in [-0.39, 0.29) is 22.9 Å². The molecular weight excluding hydrogens is 378 g/mol. The Bertz CT molecular complexity index is 934. The largest absolute Gasteiger partial charge is 0.462 e. The Morgan fingerprint density at radius 2 is 2.00 bits per heavy atom. The Labute approximate surface area is 177 Å². The average Bonchev–Trinajstić information content (AvgIpc) is 3.32. The van der Waals surface area contributed by atoms with Crippen LogP contribution in [-0.2, 0) is 14.3 Å². The van der Waals surface area contributed by atoms with Gasteiger partial charge in [-0.25, -0.2) is 4.68 Å². The standard InChI is InChI=1S/C24H31N3O3/c1-15(29)30-18-6-8-23(2)17(13-18)4-5-19-20(23)7-9-24(3)21(19)12-16(14-28)22(24)27-11-10-25-26-27/h4,10-11,14,18-21H,5-9,12-13H2,1-3H3/t18-,19+,20-,21-,23-,24-/m0/s1. The molecule has 2 fully saturated rings. The fraction of sp³-hybridized carbons (Fsp3) is 0.667. The van der Waals surface area contributed by atoms with Gasteiger partial charge in [0.05, 0.1) is 18.1 Å². The molecular formula is C24H31N3O3. The second-order valence-corrected chi connectivity index (χ2v) is 10.2. The van der Waals surface area contributed by atoms with Crippen LogP contribution in [0.1, 0.15) is 65.7 Å². The molecule has 6 atom stereocenters. The van der Waals surface area contributed by atoms with E-state index >= 15 is 0 Å². The van der Waals surface area contributed by atoms with Crippen molar-refractivity contribution in [3.8, 4) is 0 Å². The highest BCUT2D eigenvalue weighted by Gasteiger charge is 2.58. The van der Waals surface area contributed by atoms with Crippen LogP contribution in [-0.4, -0.2) is 33.4 Å². The summed E-state index contributed by atoms with van der Waals surface area (Å²) in [5, 5.41) is 8.24. The monoisotopic (exact) mass is 409 g/mol. The lowest BCUT2D eigenvalue weighted by Crippen LogP contribution is -2.50. The van der Waals surface area contributed by atoms with Gasteiger partial charge in [0.15, 0.2) is 0 Å². The fourth-order valence-electron chi connectivity index (χ4n) is 7.49. The first-order chi connectivity index (χ1) is 14.4. The summed E-state index contributed by atoms with van der Waals surface area (Å²) in [6, 6.07) is 0. The maximum absolute atomic E-state index is 12.0. The van der Waals surface area contributed by atoms with Gasteiger partial charge < -0.3 is 4.74 Å². The number of fused-ring (bicyclic) bond motifs is 5. The lowest BCUT2D eigenvalue weighted by Gasteiger charge is -2.57. The molecule has 1 heterocycles. The summed E-state index contributed by atoms with van der Waals surface area (Å²) < 4.78 is 7.38. The van der Waals surface area contributed by atoms with Gasteiger partial charge in [-0.05, 0) is 61.7 Å². The molecule has 0 radical (unpaired) electrons. The smallest absolute Gasteiger partial charge is 0.302 e. The van der Waals surface area contributed by atoms with Crippen LogP contribution in [0.4, 0.5) is 0 Å². The molecule has 4 aliphatic carbocycles. The number of allylic oxidation sites excluding steroid dienone is 3. The van der Waals surface area contributed by atoms with Crippen LogP contribution in [0.15, 0.2) is 29.6 Å². The van der Waals surface area contributed by atoms with Gasteiger partial charge in [-0.2, -0.15) is 0 Å². The molecule has 6 nitrogen and oxygen atoms in total. The lowest BCUT2D eigenvalue weighted by atomic mass is 9.48. The fourth-order valence-corrected chi connectivity index (χ4v) is 7.49. The predicted molar refractivity (Wildman–Crippen MR) is 112 cm³/mol. The molecule has 0 aromatic carbocycles. The summed E-state index contributed by atoms with van der Waals surface area (Å²) in [7, 11) is 0. The molecule has 6 heteroatoms. The molecule has 2 saturated carbocycles. The van der Waals surface area contributed by atoms with Gasteiger partial charge in [0.25, 0.3) is 0 Å². The van der Waals surface area contributed by atoms with Crippen LogP contribution in [0, 0.1) is 28.6 Å². The number of rotatable bonds is 3. The molecule has 1 aromatic rings. The number of carbonyl (C=O) groups excluding carboxylic acids is 2. The summed E-state index contributed by atoms with van der Waals surface area (Å²) >= 11 is 0. The summed E-state index contributed by atoms with van der Waals surface area (Å²) in [6.07, 6.45) is 14.1. The maximum atomic E-state index is 12.0. The molecule has 0 saturated heterocycles. The van der Waals surface area contributed by atoms with Crippen LogP contribution in [0.5, 0.6) is 0 Å². The number of nitrogens with zero attached hydrogens (tertiary/aromatic N) is 3. The highest BCUT2D eigenvalue weighted by molar-refractivity contribution is 5.86. The van der Waals surface area contributed by atoms with Crippen molar-refractivity contribution in [3.63, 3.8) is 0 Å². The van der Waals surface area contributed by atoms with Gasteiger partial charge in [-0.1, -0.05) is 30.7 Å². The summed E-state index contributed by atoms with van der Waals surface area (Å²) in [5.41, 5.74) is 3.59. The maximum Gasteiger partial charge on any atom is 0.302 e. The first-order valence-electron chi connectivity index (χ1n) is 11.3. The number of esters is 1. The van der Waals surface area contributed by atoms with Crippen LogP contribution < -0.4 is 0 Å². The van der Waals surface area contributed by atoms with Gasteiger partial charge in [-0.15, -0.1) is 5.10 Å². The summed E-state index contributed by atoms with van der Waals surface area (Å²) in [5.74, 6) is 1.47. The number of aldehydes is 1. The topological polar surface area (TPSA) is 74.1 Å². The van der Waals surface area contributed by atoms with Crippen molar-refractivity contribution < 1.29 is 14.3 Å². The van der Waals surface area contributed by atoms with Gasteiger partial charge in [0.2, 0.25) is 0 Å². The van der Waals surface area contributed by atoms with E-state index < -0.39 is 0 Å². The predicted octanol–water partition coefficient (Wildman–Crippen LogP) is 4.19. The molecule has 0 bridgehead atoms. The van der Waals surface area contributed by atoms with Crippen molar-refractivity contribution in [2.75, 3.05) is 0 Å². The van der Waals surface area contributed by atoms with Crippen molar-refractivity contribution in [1.29, 1.82) is 0 Å². The summed E-state index contributed by atoms with van der Waals surface area (Å²) in [4.78, 5) is 23.4. The van der Waals surface area contributed by atoms with Crippen molar-refractivity contribution in [2.45, 2.75) is 71.8 Å². The Kier molecular flexibility index (Phi) is 4.53. The molecule has 4 aliphatic rings. The van der Waals surface area contributed by atoms with Gasteiger partial charge in [0, 0.05) is 24.3 Å². The third kappa shape index (κ3) is 2.75. The second-order valence-electron chi connectivity index (χ2n) is 10.2. The van der Waals surface area contributed by atoms with E-state index in [9.17, 15) is 9.59 Å². The zero-order chi connectivity index (χ0) is 21.1. The first kappa shape index (κ1) is 19.7. The quantitative estimate of drug-likeness (QED) is 0.425. The van der Waals surface area contributed by atoms with E-state index in [4.69, 9.17) is 4.74 Å². The molecule has 5 rings (SSSR count). The minimum Gasteiger partial charge on any atom is -0.462 e. The SMILES string of the molecule is CC(=O)O[C@H]1CC[C@@]2(C)C(=CC[C@@H]3[C@@H]2CC[C@]2(C)C(n4ccnn4)=C(C=O)C[C@@H]32)C1. The third-order valence-electron chi connectivity index (χ3n) is 8.86. The van der Waals surface area contributed by atoms with E-state index in [1.165, 1.54) is 12.5 Å². The molecule has 0 spiro atoms. The van der Waals surface area contributed by atoms with E-state index in [1.54, 1.807) is 6.20 Å². The molecule has 30 heavy (non-hydrogen) atoms. The van der Waals surface area contributed by atoms with E-state index in [0.717, 1.165) is 62.5 Å². The van der Waals surface area contributed by atoms with Crippen molar-refractivity contribution in [3.05, 3.63) is 29.6 Å². The lowest BCUT2D eigenvalue weighted by molar-refractivity contribution is -0.148. The highest BCUT2D eigenvalue weighted by Crippen LogP contribution is 2.66. The van der Waals surface area contributed by atoms with Gasteiger partial charge in [-0.3, -0.25) is 9.59 Å². The van der Waals surface area contributed by atoms with E-state index in [1.807, 2.05) is 10.9 Å². The van der Waals surface area contributed by atoms with Crippen LogP contribution in [0.3, 0.4) is 0 Å². The van der Waals surface area contributed by atoms with Crippen molar-refractivity contribution in [1.82, 2.24) is 15.0 Å². The third-order valence-corrected chi connectivity index (χ3v) is 8.86. The Hall–Kier alpha value is -2.24. The van der Waals surface area contributed by atoms with Crippen LogP contribution >= 0.6 is 0 Å². The molecule has 0 amide bonds. The zero-order valence-electron chi connectivity index (χ0n) is 18.1. The van der Waals surface area contributed by atoms with Gasteiger partial charge in [0.1, 0.15) is 12.4 Å². The second kappa shape index (κ2) is 6.89. The minimum absolute atomic E-state index is 0.0287. The number of ether oxygens (including phenoxy) is 1. The first-order valence-corrected chi connectivity index (χ1v) is 11.3. The molecule has 1 aromatic heterocycles. The number of hydrogen-bond acceptors (Lipinski definition) is 5. The Balaban J connectivity index is 1.46. The number of aromatic nitrogens is 3. The highest BCUT2D eigenvalue weighted by atomic mass is 16.5. The number of carbonyl (C=O) groups is 2. The van der Waals surface area contributed by atoms with Crippen LogP contribution in [0.2, 0.25) is 0 Å². The average molecular weight is 410 g/mol. The summed E-state index contributed by atoms with van der Waals surface area (Å²) in [6.45, 7) is 6.27. The van der Waals surface area contributed by atoms with Crippen molar-refractivity contribution >= 4 is 18.0 Å². The number of hydrogen-bond donors (Lipinski definition) is 0. The minimum atomic E-state index is -0.176. The molecule has 160 valence electrons. The molecule has 0 aliphatic heterocycles. The zero-order valence-corrected chi connectivity index (χ0v) is 18.1. The van der Waals surface area contributed by atoms with Gasteiger partial charge >= 0.3 is 5.97 Å². The van der Waals surface area contributed by atoms with Crippen LogP contribution in [0.25, 0.3) is 5.70 Å². The van der Waals surface area contributed by atoms with E-state index in [2.05, 4.69) is 30.2 Å². The molecule has 0 unspecified atom stereocenters. The van der Waals surface area contributed by atoms with E-state index in [0.29, 0.717) is 17.8 Å². The molecule has 0 N–H and O–H groups in total.